The number of halogens is 2. The Morgan fingerprint density at radius 2 is 1.69 bits per heavy atom. The van der Waals surface area contributed by atoms with E-state index in [4.69, 9.17) is 11.6 Å². The molecular formula is C29H33ClFN3O4S. The van der Waals surface area contributed by atoms with Gasteiger partial charge in [0.2, 0.25) is 11.8 Å². The van der Waals surface area contributed by atoms with Crippen LogP contribution in [0, 0.1) is 12.7 Å². The molecule has 10 heteroatoms. The molecule has 0 fully saturated rings. The van der Waals surface area contributed by atoms with Crippen LogP contribution >= 0.6 is 11.6 Å². The summed E-state index contributed by atoms with van der Waals surface area (Å²) in [5.41, 5.74) is 1.01. The number of amides is 2. The number of carbonyl (C=O) groups is 2. The van der Waals surface area contributed by atoms with Gasteiger partial charge in [-0.15, -0.1) is 0 Å². The average molecular weight is 574 g/mol. The van der Waals surface area contributed by atoms with Crippen molar-refractivity contribution in [2.75, 3.05) is 17.4 Å². The minimum absolute atomic E-state index is 0.0109. The van der Waals surface area contributed by atoms with Gasteiger partial charge in [-0.2, -0.15) is 0 Å². The number of aryl methyl sites for hydroxylation is 1. The molecule has 3 aromatic rings. The van der Waals surface area contributed by atoms with Gasteiger partial charge in [0.05, 0.1) is 10.6 Å². The molecule has 3 rings (SSSR count). The zero-order valence-electron chi connectivity index (χ0n) is 22.2. The summed E-state index contributed by atoms with van der Waals surface area (Å²) in [6.45, 7) is 4.83. The van der Waals surface area contributed by atoms with Crippen molar-refractivity contribution in [1.82, 2.24) is 10.2 Å². The van der Waals surface area contributed by atoms with Crippen molar-refractivity contribution in [3.05, 3.63) is 94.8 Å². The SMILES string of the molecule is CCCCNC(=O)[C@H](C)N(Cc1ccccc1F)C(=O)CN(c1cc(Cl)ccc1C)S(=O)(=O)c1ccccc1. The summed E-state index contributed by atoms with van der Waals surface area (Å²) in [6, 6.07) is 17.5. The number of nitrogens with one attached hydrogen (secondary N) is 1. The summed E-state index contributed by atoms with van der Waals surface area (Å²) < 4.78 is 43.2. The summed E-state index contributed by atoms with van der Waals surface area (Å²) in [4.78, 5) is 28.0. The molecule has 0 heterocycles. The lowest BCUT2D eigenvalue weighted by molar-refractivity contribution is -0.139. The highest BCUT2D eigenvalue weighted by Gasteiger charge is 2.33. The van der Waals surface area contributed by atoms with Gasteiger partial charge in [-0.25, -0.2) is 12.8 Å². The Morgan fingerprint density at radius 3 is 2.36 bits per heavy atom. The van der Waals surface area contributed by atoms with E-state index in [1.54, 1.807) is 50.2 Å². The molecule has 0 aliphatic rings. The number of hydrogen-bond acceptors (Lipinski definition) is 4. The van der Waals surface area contributed by atoms with Crippen LogP contribution in [-0.2, 0) is 26.2 Å². The third kappa shape index (κ3) is 7.58. The first-order valence-electron chi connectivity index (χ1n) is 12.7. The zero-order valence-corrected chi connectivity index (χ0v) is 23.8. The van der Waals surface area contributed by atoms with Crippen molar-refractivity contribution in [3.8, 4) is 0 Å². The molecule has 0 unspecified atom stereocenters. The second-order valence-electron chi connectivity index (χ2n) is 9.19. The molecule has 0 spiro atoms. The average Bonchev–Trinajstić information content (AvgIpc) is 2.92. The minimum atomic E-state index is -4.21. The molecule has 2 amide bonds. The third-order valence-corrected chi connectivity index (χ3v) is 8.35. The fourth-order valence-corrected chi connectivity index (χ4v) is 5.67. The van der Waals surface area contributed by atoms with E-state index in [1.165, 1.54) is 41.3 Å². The van der Waals surface area contributed by atoms with E-state index in [-0.39, 0.29) is 22.7 Å². The third-order valence-electron chi connectivity index (χ3n) is 6.35. The van der Waals surface area contributed by atoms with Crippen molar-refractivity contribution in [1.29, 1.82) is 0 Å². The number of nitrogens with zero attached hydrogens (tertiary/aromatic N) is 2. The Kier molecular flexibility index (Phi) is 10.5. The summed E-state index contributed by atoms with van der Waals surface area (Å²) in [5, 5.41) is 3.10. The van der Waals surface area contributed by atoms with Gasteiger partial charge in [0, 0.05) is 23.7 Å². The molecule has 208 valence electrons. The smallest absolute Gasteiger partial charge is 0.264 e. The number of benzene rings is 3. The van der Waals surface area contributed by atoms with Gasteiger partial charge in [-0.05, 0) is 56.2 Å². The van der Waals surface area contributed by atoms with Crippen molar-refractivity contribution in [3.63, 3.8) is 0 Å². The second-order valence-corrected chi connectivity index (χ2v) is 11.5. The molecule has 1 N–H and O–H groups in total. The Hall–Kier alpha value is -3.43. The Bertz CT molecular complexity index is 1400. The highest BCUT2D eigenvalue weighted by atomic mass is 35.5. The fourth-order valence-electron chi connectivity index (χ4n) is 4.01. The predicted octanol–water partition coefficient (Wildman–Crippen LogP) is 5.32. The molecule has 0 bridgehead atoms. The lowest BCUT2D eigenvalue weighted by Gasteiger charge is -2.32. The molecular weight excluding hydrogens is 541 g/mol. The Labute approximate surface area is 234 Å². The molecule has 7 nitrogen and oxygen atoms in total. The van der Waals surface area contributed by atoms with Crippen LogP contribution in [0.15, 0.2) is 77.7 Å². The van der Waals surface area contributed by atoms with Crippen LogP contribution < -0.4 is 9.62 Å². The van der Waals surface area contributed by atoms with Crippen LogP contribution in [0.5, 0.6) is 0 Å². The van der Waals surface area contributed by atoms with Crippen molar-refractivity contribution >= 4 is 39.1 Å². The molecule has 1 atom stereocenters. The fraction of sp³-hybridized carbons (Fsp3) is 0.310. The number of unbranched alkanes of at least 4 members (excludes halogenated alkanes) is 1. The normalized spacial score (nSPS) is 12.0. The highest BCUT2D eigenvalue weighted by Crippen LogP contribution is 2.30. The minimum Gasteiger partial charge on any atom is -0.354 e. The van der Waals surface area contributed by atoms with Crippen molar-refractivity contribution in [2.24, 2.45) is 0 Å². The molecule has 0 saturated carbocycles. The van der Waals surface area contributed by atoms with E-state index < -0.39 is 40.2 Å². The topological polar surface area (TPSA) is 86.8 Å². The number of rotatable bonds is 12. The quantitative estimate of drug-likeness (QED) is 0.297. The van der Waals surface area contributed by atoms with Crippen molar-refractivity contribution < 1.29 is 22.4 Å². The van der Waals surface area contributed by atoms with Crippen LogP contribution in [-0.4, -0.2) is 44.3 Å². The zero-order chi connectivity index (χ0) is 28.6. The number of sulfonamides is 1. The van der Waals surface area contributed by atoms with E-state index in [9.17, 15) is 22.4 Å². The summed E-state index contributed by atoms with van der Waals surface area (Å²) >= 11 is 6.22. The second kappa shape index (κ2) is 13.6. The van der Waals surface area contributed by atoms with Gasteiger partial charge in [0.1, 0.15) is 18.4 Å². The molecule has 3 aromatic carbocycles. The number of carbonyl (C=O) groups excluding carboxylic acids is 2. The maximum Gasteiger partial charge on any atom is 0.264 e. The summed E-state index contributed by atoms with van der Waals surface area (Å²) in [5.74, 6) is -1.62. The molecule has 0 aromatic heterocycles. The lowest BCUT2D eigenvalue weighted by atomic mass is 10.1. The van der Waals surface area contributed by atoms with Gasteiger partial charge in [-0.3, -0.25) is 13.9 Å². The Balaban J connectivity index is 2.04. The maximum absolute atomic E-state index is 14.6. The van der Waals surface area contributed by atoms with E-state index in [2.05, 4.69) is 5.32 Å². The summed E-state index contributed by atoms with van der Waals surface area (Å²) in [6.07, 6.45) is 1.63. The first kappa shape index (κ1) is 30.1. The molecule has 0 aliphatic heterocycles. The van der Waals surface area contributed by atoms with E-state index in [0.29, 0.717) is 17.1 Å². The standard InChI is InChI=1S/C29H33ClFN3O4S/c1-4-5-17-32-29(36)22(3)33(19-23-11-9-10-14-26(23)31)28(35)20-34(27-18-24(30)16-15-21(27)2)39(37,38)25-12-7-6-8-13-25/h6-16,18,22H,4-5,17,19-20H2,1-3H3,(H,32,36)/t22-/m0/s1. The van der Waals surface area contributed by atoms with Crippen LogP contribution in [0.1, 0.15) is 37.8 Å². The van der Waals surface area contributed by atoms with Gasteiger partial charge in [0.25, 0.3) is 10.0 Å². The van der Waals surface area contributed by atoms with Gasteiger partial charge < -0.3 is 10.2 Å². The predicted molar refractivity (Wildman–Crippen MR) is 151 cm³/mol. The van der Waals surface area contributed by atoms with Crippen molar-refractivity contribution in [2.45, 2.75) is 51.1 Å². The largest absolute Gasteiger partial charge is 0.354 e. The lowest BCUT2D eigenvalue weighted by Crippen LogP contribution is -2.51. The van der Waals surface area contributed by atoms with E-state index >= 15 is 0 Å². The first-order chi connectivity index (χ1) is 18.6. The monoisotopic (exact) mass is 573 g/mol. The molecule has 39 heavy (non-hydrogen) atoms. The molecule has 0 saturated heterocycles. The molecule has 0 radical (unpaired) electrons. The number of anilines is 1. The van der Waals surface area contributed by atoms with Crippen LogP contribution in [0.25, 0.3) is 0 Å². The van der Waals surface area contributed by atoms with Crippen LogP contribution in [0.3, 0.4) is 0 Å². The number of hydrogen-bond donors (Lipinski definition) is 1. The van der Waals surface area contributed by atoms with Gasteiger partial charge in [-0.1, -0.05) is 67.4 Å². The molecule has 0 aliphatic carbocycles. The summed E-state index contributed by atoms with van der Waals surface area (Å²) in [7, 11) is -4.21. The van der Waals surface area contributed by atoms with E-state index in [1.807, 2.05) is 6.92 Å². The van der Waals surface area contributed by atoms with Gasteiger partial charge in [0.15, 0.2) is 0 Å². The van der Waals surface area contributed by atoms with Crippen LogP contribution in [0.4, 0.5) is 10.1 Å². The Morgan fingerprint density at radius 1 is 1.03 bits per heavy atom. The highest BCUT2D eigenvalue weighted by molar-refractivity contribution is 7.92. The first-order valence-corrected chi connectivity index (χ1v) is 14.5. The van der Waals surface area contributed by atoms with E-state index in [0.717, 1.165) is 17.1 Å². The van der Waals surface area contributed by atoms with Crippen LogP contribution in [0.2, 0.25) is 5.02 Å². The maximum atomic E-state index is 14.6. The van der Waals surface area contributed by atoms with Gasteiger partial charge >= 0.3 is 0 Å².